The van der Waals surface area contributed by atoms with Crippen LogP contribution in [-0.2, 0) is 6.42 Å². The van der Waals surface area contributed by atoms with Gasteiger partial charge in [0.15, 0.2) is 0 Å². The maximum atomic E-state index is 12.0. The molecule has 2 N–H and O–H groups in total. The molecule has 2 aromatic carbocycles. The highest BCUT2D eigenvalue weighted by Gasteiger charge is 2.11. The monoisotopic (exact) mass is 269 g/mol. The largest absolute Gasteiger partial charge is 0.507 e. The van der Waals surface area contributed by atoms with Crippen LogP contribution in [0.3, 0.4) is 0 Å². The molecule has 0 aromatic heterocycles. The molecule has 0 unspecified atom stereocenters. The van der Waals surface area contributed by atoms with Gasteiger partial charge >= 0.3 is 0 Å². The number of carbonyl (C=O) groups excluding carboxylic acids is 1. The van der Waals surface area contributed by atoms with Crippen molar-refractivity contribution in [3.63, 3.8) is 0 Å². The first-order valence-corrected chi connectivity index (χ1v) is 6.70. The van der Waals surface area contributed by atoms with Gasteiger partial charge in [0.2, 0.25) is 0 Å². The third kappa shape index (κ3) is 3.38. The first-order chi connectivity index (χ1) is 9.58. The number of hydrogen-bond acceptors (Lipinski definition) is 2. The van der Waals surface area contributed by atoms with Crippen LogP contribution in [0, 0.1) is 13.8 Å². The third-order valence-corrected chi connectivity index (χ3v) is 3.26. The van der Waals surface area contributed by atoms with Gasteiger partial charge in [-0.25, -0.2) is 0 Å². The van der Waals surface area contributed by atoms with Crippen molar-refractivity contribution in [1.29, 1.82) is 0 Å². The summed E-state index contributed by atoms with van der Waals surface area (Å²) in [5.41, 5.74) is 3.44. The van der Waals surface area contributed by atoms with Gasteiger partial charge in [0.05, 0.1) is 5.56 Å². The molecule has 0 radical (unpaired) electrons. The molecule has 104 valence electrons. The second-order valence-corrected chi connectivity index (χ2v) is 4.97. The zero-order chi connectivity index (χ0) is 14.5. The van der Waals surface area contributed by atoms with E-state index in [1.54, 1.807) is 25.1 Å². The average molecular weight is 269 g/mol. The van der Waals surface area contributed by atoms with E-state index < -0.39 is 0 Å². The van der Waals surface area contributed by atoms with E-state index in [0.717, 1.165) is 6.42 Å². The van der Waals surface area contributed by atoms with E-state index in [1.807, 2.05) is 25.1 Å². The molecule has 0 aliphatic carbocycles. The Labute approximate surface area is 119 Å². The van der Waals surface area contributed by atoms with Crippen LogP contribution in [0.25, 0.3) is 0 Å². The van der Waals surface area contributed by atoms with Gasteiger partial charge in [0, 0.05) is 6.54 Å². The summed E-state index contributed by atoms with van der Waals surface area (Å²) in [6.07, 6.45) is 0.778. The molecule has 0 saturated heterocycles. The molecular weight excluding hydrogens is 250 g/mol. The van der Waals surface area contributed by atoms with Crippen LogP contribution >= 0.6 is 0 Å². The van der Waals surface area contributed by atoms with E-state index in [1.165, 1.54) is 11.1 Å². The van der Waals surface area contributed by atoms with E-state index in [0.29, 0.717) is 17.7 Å². The summed E-state index contributed by atoms with van der Waals surface area (Å²) >= 11 is 0. The van der Waals surface area contributed by atoms with Crippen molar-refractivity contribution >= 4 is 5.91 Å². The lowest BCUT2D eigenvalue weighted by Crippen LogP contribution is -2.25. The maximum absolute atomic E-state index is 12.0. The number of aromatic hydroxyl groups is 1. The van der Waals surface area contributed by atoms with Crippen molar-refractivity contribution in [2.75, 3.05) is 6.54 Å². The molecule has 2 rings (SSSR count). The minimum absolute atomic E-state index is 0.0561. The van der Waals surface area contributed by atoms with Crippen LogP contribution in [0.5, 0.6) is 5.75 Å². The molecule has 0 spiro atoms. The Kier molecular flexibility index (Phi) is 4.41. The Balaban J connectivity index is 1.94. The molecular formula is C17H19NO2. The number of rotatable bonds is 4. The molecule has 0 saturated carbocycles. The second-order valence-electron chi connectivity index (χ2n) is 4.97. The van der Waals surface area contributed by atoms with Gasteiger partial charge in [0.25, 0.3) is 5.91 Å². The Morgan fingerprint density at radius 3 is 2.65 bits per heavy atom. The zero-order valence-electron chi connectivity index (χ0n) is 11.8. The Morgan fingerprint density at radius 2 is 1.90 bits per heavy atom. The quantitative estimate of drug-likeness (QED) is 0.896. The van der Waals surface area contributed by atoms with Crippen molar-refractivity contribution < 1.29 is 9.90 Å². The van der Waals surface area contributed by atoms with Gasteiger partial charge in [-0.15, -0.1) is 0 Å². The Morgan fingerprint density at radius 1 is 1.15 bits per heavy atom. The van der Waals surface area contributed by atoms with Crippen LogP contribution in [0.2, 0.25) is 0 Å². The summed E-state index contributed by atoms with van der Waals surface area (Å²) in [6, 6.07) is 13.4. The number of benzene rings is 2. The SMILES string of the molecule is Cc1cccc(CCNC(=O)c2cccc(C)c2O)c1. The Bertz CT molecular complexity index is 620. The maximum Gasteiger partial charge on any atom is 0.255 e. The number of nitrogens with one attached hydrogen (secondary N) is 1. The van der Waals surface area contributed by atoms with E-state index in [4.69, 9.17) is 0 Å². The van der Waals surface area contributed by atoms with E-state index in [9.17, 15) is 9.90 Å². The second kappa shape index (κ2) is 6.24. The number of phenolic OH excluding ortho intramolecular Hbond substituents is 1. The summed E-state index contributed by atoms with van der Waals surface area (Å²) in [5, 5.41) is 12.7. The molecule has 20 heavy (non-hydrogen) atoms. The van der Waals surface area contributed by atoms with Crippen LogP contribution in [-0.4, -0.2) is 17.6 Å². The lowest BCUT2D eigenvalue weighted by Gasteiger charge is -2.08. The lowest BCUT2D eigenvalue weighted by molar-refractivity contribution is 0.0951. The summed E-state index contributed by atoms with van der Waals surface area (Å²) in [6.45, 7) is 4.38. The Hall–Kier alpha value is -2.29. The molecule has 0 bridgehead atoms. The van der Waals surface area contributed by atoms with Gasteiger partial charge in [0.1, 0.15) is 5.75 Å². The van der Waals surface area contributed by atoms with Gasteiger partial charge in [-0.3, -0.25) is 4.79 Å². The number of aryl methyl sites for hydroxylation is 2. The first kappa shape index (κ1) is 14.1. The number of phenols is 1. The van der Waals surface area contributed by atoms with Crippen molar-refractivity contribution in [2.45, 2.75) is 20.3 Å². The molecule has 1 amide bonds. The molecule has 0 aliphatic rings. The average Bonchev–Trinajstić information content (AvgIpc) is 2.42. The molecule has 0 fully saturated rings. The minimum atomic E-state index is -0.237. The predicted octanol–water partition coefficient (Wildman–Crippen LogP) is 2.98. The fourth-order valence-electron chi connectivity index (χ4n) is 2.13. The first-order valence-electron chi connectivity index (χ1n) is 6.70. The van der Waals surface area contributed by atoms with Gasteiger partial charge in [-0.2, -0.15) is 0 Å². The minimum Gasteiger partial charge on any atom is -0.507 e. The number of hydrogen-bond donors (Lipinski definition) is 2. The van der Waals surface area contributed by atoms with Gasteiger partial charge in [-0.05, 0) is 37.5 Å². The van der Waals surface area contributed by atoms with Crippen LogP contribution < -0.4 is 5.32 Å². The summed E-state index contributed by atoms with van der Waals surface area (Å²) in [5.74, 6) is -0.181. The van der Waals surface area contributed by atoms with E-state index >= 15 is 0 Å². The van der Waals surface area contributed by atoms with Crippen LogP contribution in [0.15, 0.2) is 42.5 Å². The molecule has 3 nitrogen and oxygen atoms in total. The highest BCUT2D eigenvalue weighted by Crippen LogP contribution is 2.20. The lowest BCUT2D eigenvalue weighted by atomic mass is 10.1. The van der Waals surface area contributed by atoms with Crippen molar-refractivity contribution in [2.24, 2.45) is 0 Å². The summed E-state index contributed by atoms with van der Waals surface area (Å²) < 4.78 is 0. The van der Waals surface area contributed by atoms with Gasteiger partial charge in [-0.1, -0.05) is 42.0 Å². The molecule has 2 aromatic rings. The van der Waals surface area contributed by atoms with Crippen molar-refractivity contribution in [3.8, 4) is 5.75 Å². The van der Waals surface area contributed by atoms with Crippen molar-refractivity contribution in [1.82, 2.24) is 5.32 Å². The smallest absolute Gasteiger partial charge is 0.255 e. The fourth-order valence-corrected chi connectivity index (χ4v) is 2.13. The van der Waals surface area contributed by atoms with Crippen molar-refractivity contribution in [3.05, 3.63) is 64.7 Å². The van der Waals surface area contributed by atoms with Crippen LogP contribution in [0.4, 0.5) is 0 Å². The summed E-state index contributed by atoms with van der Waals surface area (Å²) in [7, 11) is 0. The molecule has 0 heterocycles. The topological polar surface area (TPSA) is 49.3 Å². The normalized spacial score (nSPS) is 10.3. The molecule has 0 aliphatic heterocycles. The van der Waals surface area contributed by atoms with E-state index in [2.05, 4.69) is 11.4 Å². The molecule has 3 heteroatoms. The highest BCUT2D eigenvalue weighted by molar-refractivity contribution is 5.97. The standard InChI is InChI=1S/C17H19NO2/c1-12-5-3-7-14(11-12)9-10-18-17(20)15-8-4-6-13(2)16(15)19/h3-8,11,19H,9-10H2,1-2H3,(H,18,20). The third-order valence-electron chi connectivity index (χ3n) is 3.26. The summed E-state index contributed by atoms with van der Waals surface area (Å²) in [4.78, 5) is 12.0. The number of para-hydroxylation sites is 1. The fraction of sp³-hybridized carbons (Fsp3) is 0.235. The number of amides is 1. The highest BCUT2D eigenvalue weighted by atomic mass is 16.3. The number of carbonyl (C=O) groups is 1. The molecule has 0 atom stereocenters. The van der Waals surface area contributed by atoms with Crippen LogP contribution in [0.1, 0.15) is 27.0 Å². The van der Waals surface area contributed by atoms with E-state index in [-0.39, 0.29) is 11.7 Å². The van der Waals surface area contributed by atoms with Gasteiger partial charge < -0.3 is 10.4 Å². The predicted molar refractivity (Wildman–Crippen MR) is 80.1 cm³/mol. The zero-order valence-corrected chi connectivity index (χ0v) is 11.8.